The maximum atomic E-state index is 13.7. The van der Waals surface area contributed by atoms with Gasteiger partial charge in [-0.2, -0.15) is 0 Å². The topological polar surface area (TPSA) is 34.4 Å². The second-order valence-corrected chi connectivity index (χ2v) is 3.90. The fraction of sp³-hybridized carbons (Fsp3) is 0. The third-order valence-corrected chi connectivity index (χ3v) is 2.85. The zero-order valence-electron chi connectivity index (χ0n) is 9.38. The van der Waals surface area contributed by atoms with E-state index in [0.717, 1.165) is 6.29 Å². The molecular formula is C14H9FN2O. The number of aldehydes is 1. The average molecular weight is 240 g/mol. The summed E-state index contributed by atoms with van der Waals surface area (Å²) in [6.45, 7) is 0. The lowest BCUT2D eigenvalue weighted by molar-refractivity contribution is 0.112. The van der Waals surface area contributed by atoms with Gasteiger partial charge < -0.3 is 0 Å². The van der Waals surface area contributed by atoms with Gasteiger partial charge in [-0.25, -0.2) is 9.37 Å². The number of aromatic nitrogens is 2. The summed E-state index contributed by atoms with van der Waals surface area (Å²) < 4.78 is 15.5. The second-order valence-electron chi connectivity index (χ2n) is 3.90. The summed E-state index contributed by atoms with van der Waals surface area (Å²) in [5.74, 6) is 0.160. The maximum absolute atomic E-state index is 13.7. The molecule has 1 aromatic carbocycles. The van der Waals surface area contributed by atoms with Crippen LogP contribution >= 0.6 is 0 Å². The Balaban J connectivity index is 2.32. The quantitative estimate of drug-likeness (QED) is 0.645. The lowest BCUT2D eigenvalue weighted by Gasteiger charge is -2.03. The van der Waals surface area contributed by atoms with Gasteiger partial charge in [0.2, 0.25) is 0 Å². The average Bonchev–Trinajstić information content (AvgIpc) is 2.83. The standard InChI is InChI=1S/C14H9FN2O/c15-12-6-2-1-5-11(12)14-16-8-13-10(9-18)4-3-7-17(13)14/h1-9H. The molecule has 3 aromatic rings. The van der Waals surface area contributed by atoms with Crippen molar-refractivity contribution in [1.82, 2.24) is 9.38 Å². The van der Waals surface area contributed by atoms with Crippen molar-refractivity contribution in [3.8, 4) is 11.4 Å². The third kappa shape index (κ3) is 1.50. The van der Waals surface area contributed by atoms with E-state index in [9.17, 15) is 9.18 Å². The van der Waals surface area contributed by atoms with Crippen molar-refractivity contribution in [2.75, 3.05) is 0 Å². The van der Waals surface area contributed by atoms with Crippen LogP contribution < -0.4 is 0 Å². The number of halogens is 1. The van der Waals surface area contributed by atoms with Gasteiger partial charge in [-0.3, -0.25) is 9.20 Å². The van der Waals surface area contributed by atoms with E-state index in [4.69, 9.17) is 0 Å². The van der Waals surface area contributed by atoms with Crippen molar-refractivity contribution in [2.45, 2.75) is 0 Å². The van der Waals surface area contributed by atoms with Crippen LogP contribution in [-0.4, -0.2) is 15.7 Å². The van der Waals surface area contributed by atoms with Crippen LogP contribution in [-0.2, 0) is 0 Å². The highest BCUT2D eigenvalue weighted by Crippen LogP contribution is 2.23. The Bertz CT molecular complexity index is 733. The van der Waals surface area contributed by atoms with Gasteiger partial charge in [-0.05, 0) is 24.3 Å². The first-order valence-corrected chi connectivity index (χ1v) is 5.47. The highest BCUT2D eigenvalue weighted by atomic mass is 19.1. The van der Waals surface area contributed by atoms with Gasteiger partial charge in [0.05, 0.1) is 17.3 Å². The van der Waals surface area contributed by atoms with E-state index in [2.05, 4.69) is 4.98 Å². The molecule has 2 heterocycles. The number of imidazole rings is 1. The summed E-state index contributed by atoms with van der Waals surface area (Å²) in [7, 11) is 0. The molecule has 0 unspecified atom stereocenters. The Hall–Kier alpha value is -2.49. The SMILES string of the molecule is O=Cc1cccn2c(-c3ccccc3F)ncc12. The second kappa shape index (κ2) is 4.07. The Morgan fingerprint density at radius 1 is 1.17 bits per heavy atom. The summed E-state index contributed by atoms with van der Waals surface area (Å²) in [6, 6.07) is 9.88. The fourth-order valence-corrected chi connectivity index (χ4v) is 1.98. The number of nitrogens with zero attached hydrogens (tertiary/aromatic N) is 2. The van der Waals surface area contributed by atoms with Crippen molar-refractivity contribution in [1.29, 1.82) is 0 Å². The Morgan fingerprint density at radius 3 is 2.78 bits per heavy atom. The summed E-state index contributed by atoms with van der Waals surface area (Å²) >= 11 is 0. The molecule has 0 saturated heterocycles. The number of fused-ring (bicyclic) bond motifs is 1. The Kier molecular flexibility index (Phi) is 2.41. The Labute approximate surface area is 103 Å². The largest absolute Gasteiger partial charge is 0.299 e. The predicted molar refractivity (Wildman–Crippen MR) is 66.0 cm³/mol. The van der Waals surface area contributed by atoms with E-state index in [1.165, 1.54) is 6.07 Å². The number of carbonyl (C=O) groups is 1. The van der Waals surface area contributed by atoms with Gasteiger partial charge in [-0.15, -0.1) is 0 Å². The highest BCUT2D eigenvalue weighted by molar-refractivity contribution is 5.86. The van der Waals surface area contributed by atoms with E-state index in [-0.39, 0.29) is 5.82 Å². The van der Waals surface area contributed by atoms with Gasteiger partial charge in [0.1, 0.15) is 11.6 Å². The molecule has 4 heteroatoms. The van der Waals surface area contributed by atoms with Crippen LogP contribution in [0.2, 0.25) is 0 Å². The fourth-order valence-electron chi connectivity index (χ4n) is 1.98. The van der Waals surface area contributed by atoms with Crippen molar-refractivity contribution < 1.29 is 9.18 Å². The first-order valence-electron chi connectivity index (χ1n) is 5.47. The summed E-state index contributed by atoms with van der Waals surface area (Å²) in [6.07, 6.45) is 4.10. The van der Waals surface area contributed by atoms with Gasteiger partial charge >= 0.3 is 0 Å². The maximum Gasteiger partial charge on any atom is 0.152 e. The molecule has 0 aliphatic rings. The van der Waals surface area contributed by atoms with E-state index in [1.54, 1.807) is 47.1 Å². The van der Waals surface area contributed by atoms with Crippen molar-refractivity contribution in [2.24, 2.45) is 0 Å². The van der Waals surface area contributed by atoms with Gasteiger partial charge in [0.15, 0.2) is 6.29 Å². The number of carbonyl (C=O) groups excluding carboxylic acids is 1. The normalized spacial score (nSPS) is 10.7. The first kappa shape index (κ1) is 10.7. The molecule has 0 aliphatic heterocycles. The van der Waals surface area contributed by atoms with E-state index < -0.39 is 0 Å². The molecule has 2 aromatic heterocycles. The van der Waals surface area contributed by atoms with Gasteiger partial charge in [-0.1, -0.05) is 12.1 Å². The third-order valence-electron chi connectivity index (χ3n) is 2.85. The monoisotopic (exact) mass is 240 g/mol. The van der Waals surface area contributed by atoms with Crippen LogP contribution in [0.1, 0.15) is 10.4 Å². The molecule has 0 fully saturated rings. The summed E-state index contributed by atoms with van der Waals surface area (Å²) in [5.41, 5.74) is 1.62. The zero-order chi connectivity index (χ0) is 12.5. The molecule has 0 spiro atoms. The van der Waals surface area contributed by atoms with Crippen LogP contribution in [0.4, 0.5) is 4.39 Å². The highest BCUT2D eigenvalue weighted by Gasteiger charge is 2.11. The number of benzene rings is 1. The molecule has 0 amide bonds. The van der Waals surface area contributed by atoms with Crippen LogP contribution in [0.15, 0.2) is 48.8 Å². The van der Waals surface area contributed by atoms with E-state index in [0.29, 0.717) is 22.5 Å². The van der Waals surface area contributed by atoms with Crippen LogP contribution in [0.3, 0.4) is 0 Å². The summed E-state index contributed by atoms with van der Waals surface area (Å²) in [5, 5.41) is 0. The molecule has 0 N–H and O–H groups in total. The van der Waals surface area contributed by atoms with Crippen LogP contribution in [0, 0.1) is 5.82 Å². The minimum atomic E-state index is -0.332. The van der Waals surface area contributed by atoms with E-state index >= 15 is 0 Å². The number of rotatable bonds is 2. The number of hydrogen-bond acceptors (Lipinski definition) is 2. The van der Waals surface area contributed by atoms with Gasteiger partial charge in [0, 0.05) is 11.8 Å². The lowest BCUT2D eigenvalue weighted by atomic mass is 10.2. The molecule has 18 heavy (non-hydrogen) atoms. The van der Waals surface area contributed by atoms with Crippen LogP contribution in [0.25, 0.3) is 16.9 Å². The smallest absolute Gasteiger partial charge is 0.152 e. The van der Waals surface area contributed by atoms with Gasteiger partial charge in [0.25, 0.3) is 0 Å². The van der Waals surface area contributed by atoms with Crippen molar-refractivity contribution >= 4 is 11.8 Å². The lowest BCUT2D eigenvalue weighted by Crippen LogP contribution is -1.93. The molecule has 3 nitrogen and oxygen atoms in total. The van der Waals surface area contributed by atoms with Crippen molar-refractivity contribution in [3.05, 3.63) is 60.2 Å². The molecule has 88 valence electrons. The predicted octanol–water partition coefficient (Wildman–Crippen LogP) is 2.95. The van der Waals surface area contributed by atoms with E-state index in [1.807, 2.05) is 0 Å². The Morgan fingerprint density at radius 2 is 2.00 bits per heavy atom. The molecule has 0 bridgehead atoms. The summed E-state index contributed by atoms with van der Waals surface area (Å²) in [4.78, 5) is 15.1. The molecule has 0 radical (unpaired) electrons. The number of pyridine rings is 1. The molecule has 3 rings (SSSR count). The zero-order valence-corrected chi connectivity index (χ0v) is 9.38. The molecule has 0 saturated carbocycles. The van der Waals surface area contributed by atoms with Crippen LogP contribution in [0.5, 0.6) is 0 Å². The molecule has 0 atom stereocenters. The molecule has 0 aliphatic carbocycles. The minimum absolute atomic E-state index is 0.332. The number of hydrogen-bond donors (Lipinski definition) is 0. The minimum Gasteiger partial charge on any atom is -0.299 e. The van der Waals surface area contributed by atoms with Crippen molar-refractivity contribution in [3.63, 3.8) is 0 Å². The first-order chi connectivity index (χ1) is 8.81. The molecular weight excluding hydrogens is 231 g/mol.